The van der Waals surface area contributed by atoms with Crippen LogP contribution in [0.5, 0.6) is 11.5 Å². The molecule has 0 radical (unpaired) electrons. The number of anilines is 1. The van der Waals surface area contributed by atoms with E-state index in [2.05, 4.69) is 22.3 Å². The molecular weight excluding hydrogens is 456 g/mol. The molecule has 36 heavy (non-hydrogen) atoms. The summed E-state index contributed by atoms with van der Waals surface area (Å²) in [5.41, 5.74) is 10.7. The second kappa shape index (κ2) is 10.8. The van der Waals surface area contributed by atoms with Crippen LogP contribution in [0.4, 0.5) is 11.4 Å². The van der Waals surface area contributed by atoms with E-state index in [9.17, 15) is 14.9 Å². The first-order valence-electron chi connectivity index (χ1n) is 12.1. The average molecular weight is 489 g/mol. The molecule has 3 N–H and O–H groups in total. The van der Waals surface area contributed by atoms with Gasteiger partial charge in [0.25, 0.3) is 5.69 Å². The molecule has 1 saturated heterocycles. The van der Waals surface area contributed by atoms with Crippen LogP contribution in [0.15, 0.2) is 54.6 Å². The lowest BCUT2D eigenvalue weighted by molar-refractivity contribution is -0.384. The number of ether oxygens (including phenoxy) is 1. The molecular formula is C28H32N4O4. The highest BCUT2D eigenvalue weighted by atomic mass is 16.6. The summed E-state index contributed by atoms with van der Waals surface area (Å²) in [6.07, 6.45) is 1.72. The Balaban J connectivity index is 1.41. The lowest BCUT2D eigenvalue weighted by Crippen LogP contribution is -2.38. The minimum absolute atomic E-state index is 0.0386. The quantitative estimate of drug-likeness (QED) is 0.320. The van der Waals surface area contributed by atoms with Crippen molar-refractivity contribution in [1.29, 1.82) is 0 Å². The molecule has 8 heteroatoms. The van der Waals surface area contributed by atoms with E-state index in [1.54, 1.807) is 24.3 Å². The monoisotopic (exact) mass is 488 g/mol. The third-order valence-electron chi connectivity index (χ3n) is 6.58. The molecule has 1 heterocycles. The first-order valence-corrected chi connectivity index (χ1v) is 12.1. The van der Waals surface area contributed by atoms with Crippen molar-refractivity contribution < 1.29 is 14.5 Å². The Labute approximate surface area is 211 Å². The summed E-state index contributed by atoms with van der Waals surface area (Å²) >= 11 is 0. The van der Waals surface area contributed by atoms with Gasteiger partial charge in [0.15, 0.2) is 0 Å². The van der Waals surface area contributed by atoms with Crippen molar-refractivity contribution in [2.45, 2.75) is 46.2 Å². The predicted molar refractivity (Wildman–Crippen MR) is 141 cm³/mol. The average Bonchev–Trinajstić information content (AvgIpc) is 2.83. The molecule has 3 aromatic carbocycles. The first kappa shape index (κ1) is 25.2. The van der Waals surface area contributed by atoms with Gasteiger partial charge in [0.2, 0.25) is 5.91 Å². The summed E-state index contributed by atoms with van der Waals surface area (Å²) in [6, 6.07) is 16.5. The predicted octanol–water partition coefficient (Wildman–Crippen LogP) is 5.49. The number of hydrogen-bond acceptors (Lipinski definition) is 6. The molecule has 8 nitrogen and oxygen atoms in total. The van der Waals surface area contributed by atoms with Gasteiger partial charge in [0.1, 0.15) is 17.2 Å². The Hall–Kier alpha value is -3.91. The number of nitro benzene ring substituents is 1. The molecule has 3 aromatic rings. The number of nitro groups is 1. The van der Waals surface area contributed by atoms with Crippen molar-refractivity contribution in [1.82, 2.24) is 4.90 Å². The number of carbonyl (C=O) groups excluding carboxylic acids is 1. The Morgan fingerprint density at radius 1 is 1.06 bits per heavy atom. The van der Waals surface area contributed by atoms with Crippen molar-refractivity contribution in [3.63, 3.8) is 0 Å². The van der Waals surface area contributed by atoms with Crippen LogP contribution < -0.4 is 15.8 Å². The smallest absolute Gasteiger partial charge is 0.292 e. The fourth-order valence-corrected chi connectivity index (χ4v) is 4.79. The summed E-state index contributed by atoms with van der Waals surface area (Å²) in [4.78, 5) is 24.9. The van der Waals surface area contributed by atoms with Gasteiger partial charge >= 0.3 is 0 Å². The van der Waals surface area contributed by atoms with E-state index in [0.29, 0.717) is 17.0 Å². The highest BCUT2D eigenvalue weighted by molar-refractivity contribution is 5.92. The van der Waals surface area contributed by atoms with Crippen LogP contribution in [0.2, 0.25) is 0 Å². The molecule has 1 aliphatic heterocycles. The Bertz CT molecular complexity index is 1240. The largest absolute Gasteiger partial charge is 0.457 e. The van der Waals surface area contributed by atoms with Gasteiger partial charge < -0.3 is 15.8 Å². The van der Waals surface area contributed by atoms with Crippen LogP contribution in [0.3, 0.4) is 0 Å². The van der Waals surface area contributed by atoms with Gasteiger partial charge in [-0.05, 0) is 68.5 Å². The zero-order valence-electron chi connectivity index (χ0n) is 20.9. The number of nitrogens with zero attached hydrogens (tertiary/aromatic N) is 2. The van der Waals surface area contributed by atoms with Gasteiger partial charge in [0.05, 0.1) is 4.92 Å². The Morgan fingerprint density at radius 3 is 2.28 bits per heavy atom. The summed E-state index contributed by atoms with van der Waals surface area (Å²) < 4.78 is 6.17. The van der Waals surface area contributed by atoms with Crippen molar-refractivity contribution in [3.8, 4) is 11.5 Å². The molecule has 0 spiro atoms. The molecule has 0 unspecified atom stereocenters. The number of benzene rings is 3. The van der Waals surface area contributed by atoms with Crippen LogP contribution >= 0.6 is 0 Å². The number of aryl methyl sites for hydroxylation is 3. The van der Waals surface area contributed by atoms with Gasteiger partial charge in [-0.2, -0.15) is 0 Å². The first-order chi connectivity index (χ1) is 17.2. The molecule has 1 aliphatic rings. The summed E-state index contributed by atoms with van der Waals surface area (Å²) in [6.45, 7) is 8.55. The molecule has 0 saturated carbocycles. The topological polar surface area (TPSA) is 111 Å². The number of hydrogen-bond donors (Lipinski definition) is 2. The lowest BCUT2D eigenvalue weighted by atomic mass is 10.0. The van der Waals surface area contributed by atoms with E-state index in [0.717, 1.165) is 60.5 Å². The van der Waals surface area contributed by atoms with Gasteiger partial charge in [-0.15, -0.1) is 0 Å². The number of likely N-dealkylation sites (tertiary alicyclic amines) is 1. The second-order valence-corrected chi connectivity index (χ2v) is 9.52. The normalized spacial score (nSPS) is 14.4. The SMILES string of the molecule is Cc1cc(C)c(Oc2ccc([N+](=O)[O-])c(NC3CCN(Cc4ccc(C(N)=O)cc4)CC3)c2)c(C)c1. The van der Waals surface area contributed by atoms with Crippen LogP contribution in [0.1, 0.15) is 45.5 Å². The maximum atomic E-state index is 11.7. The maximum absolute atomic E-state index is 11.7. The number of nitrogens with two attached hydrogens (primary N) is 1. The minimum Gasteiger partial charge on any atom is -0.457 e. The number of primary amides is 1. The van der Waals surface area contributed by atoms with Crippen LogP contribution in [-0.2, 0) is 6.54 Å². The molecule has 4 rings (SSSR count). The van der Waals surface area contributed by atoms with E-state index in [4.69, 9.17) is 10.5 Å². The van der Waals surface area contributed by atoms with E-state index in [-0.39, 0.29) is 16.7 Å². The fraction of sp³-hybridized carbons (Fsp3) is 0.321. The van der Waals surface area contributed by atoms with E-state index < -0.39 is 5.91 Å². The zero-order valence-corrected chi connectivity index (χ0v) is 20.9. The fourth-order valence-electron chi connectivity index (χ4n) is 4.79. The highest BCUT2D eigenvalue weighted by Gasteiger charge is 2.23. The van der Waals surface area contributed by atoms with Crippen LogP contribution in [-0.4, -0.2) is 34.9 Å². The van der Waals surface area contributed by atoms with Gasteiger partial charge in [-0.3, -0.25) is 19.8 Å². The number of piperidine rings is 1. The highest BCUT2D eigenvalue weighted by Crippen LogP contribution is 2.35. The zero-order chi connectivity index (χ0) is 25.8. The van der Waals surface area contributed by atoms with Crippen LogP contribution in [0, 0.1) is 30.9 Å². The van der Waals surface area contributed by atoms with E-state index >= 15 is 0 Å². The van der Waals surface area contributed by atoms with Crippen molar-refractivity contribution in [3.05, 3.63) is 92.5 Å². The molecule has 188 valence electrons. The number of amides is 1. The number of carbonyl (C=O) groups is 1. The molecule has 1 fully saturated rings. The maximum Gasteiger partial charge on any atom is 0.292 e. The van der Waals surface area contributed by atoms with Crippen LogP contribution in [0.25, 0.3) is 0 Å². The van der Waals surface area contributed by atoms with E-state index in [1.807, 2.05) is 32.9 Å². The standard InChI is InChI=1S/C28H32N4O4/c1-18-14-19(2)27(20(3)15-18)36-24-8-9-26(32(34)35)25(16-24)30-23-10-12-31(13-11-23)17-21-4-6-22(7-5-21)28(29)33/h4-9,14-16,23,30H,10-13,17H2,1-3H3,(H2,29,33). The molecule has 0 bridgehead atoms. The molecule has 0 aliphatic carbocycles. The van der Waals surface area contributed by atoms with Gasteiger partial charge in [-0.25, -0.2) is 0 Å². The third-order valence-corrected chi connectivity index (χ3v) is 6.58. The molecule has 0 aromatic heterocycles. The number of nitrogens with one attached hydrogen (secondary N) is 1. The lowest BCUT2D eigenvalue weighted by Gasteiger charge is -2.32. The van der Waals surface area contributed by atoms with E-state index in [1.165, 1.54) is 6.07 Å². The minimum atomic E-state index is -0.430. The second-order valence-electron chi connectivity index (χ2n) is 9.52. The summed E-state index contributed by atoms with van der Waals surface area (Å²) in [7, 11) is 0. The summed E-state index contributed by atoms with van der Waals surface area (Å²) in [5.74, 6) is 0.911. The molecule has 0 atom stereocenters. The van der Waals surface area contributed by atoms with Crippen molar-refractivity contribution >= 4 is 17.3 Å². The molecule has 1 amide bonds. The number of rotatable bonds is 8. The third kappa shape index (κ3) is 6.01. The van der Waals surface area contributed by atoms with Crippen molar-refractivity contribution in [2.75, 3.05) is 18.4 Å². The Morgan fingerprint density at radius 2 is 1.69 bits per heavy atom. The Kier molecular flexibility index (Phi) is 7.55. The van der Waals surface area contributed by atoms with Gasteiger partial charge in [0, 0.05) is 43.4 Å². The van der Waals surface area contributed by atoms with Gasteiger partial charge in [-0.1, -0.05) is 29.8 Å². The van der Waals surface area contributed by atoms with Crippen molar-refractivity contribution in [2.24, 2.45) is 5.73 Å². The summed E-state index contributed by atoms with van der Waals surface area (Å²) in [5, 5.41) is 15.1.